The van der Waals surface area contributed by atoms with E-state index < -0.39 is 34.9 Å². The van der Waals surface area contributed by atoms with Crippen molar-refractivity contribution in [1.29, 1.82) is 0 Å². The zero-order valence-electron chi connectivity index (χ0n) is 16.9. The van der Waals surface area contributed by atoms with Crippen molar-refractivity contribution < 1.29 is 23.6 Å². The van der Waals surface area contributed by atoms with Crippen LogP contribution >= 0.6 is 0 Å². The number of fused-ring (bicyclic) bond motifs is 1. The highest BCUT2D eigenvalue weighted by atomic mass is 19.1. The molecule has 0 saturated heterocycles. The Kier molecular flexibility index (Phi) is 6.04. The molecule has 2 amide bonds. The van der Waals surface area contributed by atoms with E-state index in [1.165, 1.54) is 18.2 Å². The molecule has 0 aliphatic carbocycles. The van der Waals surface area contributed by atoms with Crippen LogP contribution in [0.1, 0.15) is 39.5 Å². The smallest absolute Gasteiger partial charge is 0.286 e. The lowest BCUT2D eigenvalue weighted by Crippen LogP contribution is -2.47. The van der Waals surface area contributed by atoms with Crippen molar-refractivity contribution in [2.24, 2.45) is 0 Å². The summed E-state index contributed by atoms with van der Waals surface area (Å²) in [5, 5.41) is 0.591. The molecule has 1 atom stereocenters. The van der Waals surface area contributed by atoms with E-state index in [0.29, 0.717) is 5.06 Å². The zero-order chi connectivity index (χ0) is 22.7. The number of nitrogens with one attached hydrogen (secondary N) is 1. The summed E-state index contributed by atoms with van der Waals surface area (Å²) in [6, 6.07) is 17.1. The molecule has 8 heteroatoms. The number of benzene rings is 2. The number of hydrogen-bond acceptors (Lipinski definition) is 5. The number of H-pyrrole nitrogens is 1. The van der Waals surface area contributed by atoms with Crippen LogP contribution in [0.15, 0.2) is 71.5 Å². The van der Waals surface area contributed by atoms with Crippen molar-refractivity contribution in [3.8, 4) is 0 Å². The number of aromatic amines is 1. The Morgan fingerprint density at radius 1 is 0.938 bits per heavy atom. The van der Waals surface area contributed by atoms with Gasteiger partial charge in [-0.05, 0) is 35.7 Å². The van der Waals surface area contributed by atoms with Crippen LogP contribution in [0.3, 0.4) is 0 Å². The van der Waals surface area contributed by atoms with E-state index in [-0.39, 0.29) is 30.7 Å². The van der Waals surface area contributed by atoms with E-state index in [0.717, 1.165) is 17.2 Å². The summed E-state index contributed by atoms with van der Waals surface area (Å²) in [5.41, 5.74) is 0.922. The number of carbonyl (C=O) groups excluding carboxylic acids is 3. The molecule has 1 N–H and O–H groups in total. The Bertz CT molecular complexity index is 1220. The van der Waals surface area contributed by atoms with E-state index >= 15 is 0 Å². The Hall–Kier alpha value is -3.91. The first-order chi connectivity index (χ1) is 15.4. The Balaban J connectivity index is 1.59. The van der Waals surface area contributed by atoms with Gasteiger partial charge in [0.2, 0.25) is 5.56 Å². The highest BCUT2D eigenvalue weighted by molar-refractivity contribution is 6.18. The monoisotopic (exact) mass is 434 g/mol. The number of imide groups is 1. The van der Waals surface area contributed by atoms with Gasteiger partial charge in [0.05, 0.1) is 11.3 Å². The average Bonchev–Trinajstić information content (AvgIpc) is 2.79. The number of nitrogens with zero attached hydrogens (tertiary/aromatic N) is 1. The molecule has 2 aromatic carbocycles. The number of aromatic nitrogens is 1. The SMILES string of the molecule is O=C(CCc1ccc(F)cc1)C1C(=O)N(OCc2ccccc2)C(=O)c2ccc(=O)[nH]c21. The van der Waals surface area contributed by atoms with Gasteiger partial charge in [0, 0.05) is 12.5 Å². The number of ketones is 1. The fourth-order valence-corrected chi connectivity index (χ4v) is 3.55. The number of rotatable bonds is 7. The van der Waals surface area contributed by atoms with E-state index in [9.17, 15) is 23.6 Å². The van der Waals surface area contributed by atoms with Gasteiger partial charge >= 0.3 is 0 Å². The average molecular weight is 434 g/mol. The van der Waals surface area contributed by atoms with Crippen LogP contribution in [0.4, 0.5) is 4.39 Å². The zero-order valence-corrected chi connectivity index (χ0v) is 16.9. The van der Waals surface area contributed by atoms with Crippen molar-refractivity contribution >= 4 is 17.6 Å². The lowest BCUT2D eigenvalue weighted by Gasteiger charge is -2.30. The molecule has 1 aromatic heterocycles. The molecular weight excluding hydrogens is 415 g/mol. The summed E-state index contributed by atoms with van der Waals surface area (Å²) in [7, 11) is 0. The van der Waals surface area contributed by atoms with Gasteiger partial charge in [-0.15, -0.1) is 5.06 Å². The molecule has 0 radical (unpaired) electrons. The second-order valence-electron chi connectivity index (χ2n) is 7.37. The number of hydrogen-bond donors (Lipinski definition) is 1. The van der Waals surface area contributed by atoms with Gasteiger partial charge in [-0.3, -0.25) is 24.0 Å². The van der Waals surface area contributed by atoms with Gasteiger partial charge in [0.1, 0.15) is 18.3 Å². The topological polar surface area (TPSA) is 96.5 Å². The minimum Gasteiger partial charge on any atom is -0.324 e. The molecule has 0 bridgehead atoms. The molecule has 0 spiro atoms. The van der Waals surface area contributed by atoms with Crippen LogP contribution in [-0.2, 0) is 27.5 Å². The minimum atomic E-state index is -1.38. The minimum absolute atomic E-state index is 0.0254. The van der Waals surface area contributed by atoms with E-state index in [1.807, 2.05) is 6.07 Å². The molecule has 3 aromatic rings. The molecule has 1 aliphatic rings. The molecule has 4 rings (SSSR count). The fourth-order valence-electron chi connectivity index (χ4n) is 3.55. The second-order valence-corrected chi connectivity index (χ2v) is 7.37. The maximum absolute atomic E-state index is 13.1. The second kappa shape index (κ2) is 9.07. The number of pyridine rings is 1. The third-order valence-corrected chi connectivity index (χ3v) is 5.20. The molecule has 0 fully saturated rings. The predicted molar refractivity (Wildman–Crippen MR) is 112 cm³/mol. The van der Waals surface area contributed by atoms with Crippen molar-refractivity contribution in [3.05, 3.63) is 105 Å². The number of amides is 2. The number of aryl methyl sites for hydroxylation is 1. The van der Waals surface area contributed by atoms with Crippen molar-refractivity contribution in [1.82, 2.24) is 10.0 Å². The lowest BCUT2D eigenvalue weighted by atomic mass is 9.88. The highest BCUT2D eigenvalue weighted by Crippen LogP contribution is 2.30. The molecule has 0 saturated carbocycles. The third-order valence-electron chi connectivity index (χ3n) is 5.20. The van der Waals surface area contributed by atoms with E-state index in [4.69, 9.17) is 4.84 Å². The van der Waals surface area contributed by atoms with Crippen molar-refractivity contribution in [3.63, 3.8) is 0 Å². The first-order valence-electron chi connectivity index (χ1n) is 9.99. The van der Waals surface area contributed by atoms with Crippen LogP contribution < -0.4 is 5.56 Å². The Labute approximate surface area is 182 Å². The van der Waals surface area contributed by atoms with Crippen LogP contribution in [0.2, 0.25) is 0 Å². The molecule has 162 valence electrons. The van der Waals surface area contributed by atoms with Gasteiger partial charge in [0.15, 0.2) is 5.78 Å². The van der Waals surface area contributed by atoms with Gasteiger partial charge in [-0.25, -0.2) is 4.39 Å². The summed E-state index contributed by atoms with van der Waals surface area (Å²) in [6.45, 7) is -0.0481. The summed E-state index contributed by atoms with van der Waals surface area (Å²) in [5.74, 6) is -3.86. The summed E-state index contributed by atoms with van der Waals surface area (Å²) < 4.78 is 13.1. The number of hydroxylamine groups is 2. The summed E-state index contributed by atoms with van der Waals surface area (Å²) in [4.78, 5) is 58.8. The quantitative estimate of drug-likeness (QED) is 0.456. The summed E-state index contributed by atoms with van der Waals surface area (Å²) in [6.07, 6.45) is 0.229. The van der Waals surface area contributed by atoms with Crippen molar-refractivity contribution in [2.75, 3.05) is 0 Å². The normalized spacial score (nSPS) is 15.5. The van der Waals surface area contributed by atoms with Gasteiger partial charge in [-0.1, -0.05) is 42.5 Å². The number of Topliss-reactive ketones (excluding diaryl/α,β-unsaturated/α-hetero) is 1. The summed E-state index contributed by atoms with van der Waals surface area (Å²) >= 11 is 0. The number of halogens is 1. The molecule has 7 nitrogen and oxygen atoms in total. The van der Waals surface area contributed by atoms with Gasteiger partial charge < -0.3 is 4.98 Å². The lowest BCUT2D eigenvalue weighted by molar-refractivity contribution is -0.177. The van der Waals surface area contributed by atoms with Crippen LogP contribution in [0.5, 0.6) is 0 Å². The van der Waals surface area contributed by atoms with Gasteiger partial charge in [-0.2, -0.15) is 0 Å². The first kappa shape index (κ1) is 21.3. The Morgan fingerprint density at radius 3 is 2.38 bits per heavy atom. The molecule has 1 aliphatic heterocycles. The van der Waals surface area contributed by atoms with Gasteiger partial charge in [0.25, 0.3) is 11.8 Å². The predicted octanol–water partition coefficient (Wildman–Crippen LogP) is 2.91. The standard InChI is InChI=1S/C24H19FN2O5/c25-17-9-6-15(7-10-17)8-12-19(28)21-22-18(11-13-20(29)26-22)23(30)27(24(21)31)32-14-16-4-2-1-3-5-16/h1-7,9-11,13,21H,8,12,14H2,(H,26,29). The molecular formula is C24H19FN2O5. The fraction of sp³-hybridized carbons (Fsp3) is 0.167. The molecule has 2 heterocycles. The number of carbonyl (C=O) groups is 3. The largest absolute Gasteiger partial charge is 0.324 e. The van der Waals surface area contributed by atoms with Crippen molar-refractivity contribution in [2.45, 2.75) is 25.4 Å². The Morgan fingerprint density at radius 2 is 1.66 bits per heavy atom. The van der Waals surface area contributed by atoms with E-state index in [2.05, 4.69) is 4.98 Å². The van der Waals surface area contributed by atoms with Crippen LogP contribution in [-0.4, -0.2) is 27.6 Å². The maximum Gasteiger partial charge on any atom is 0.286 e. The maximum atomic E-state index is 13.1. The highest BCUT2D eigenvalue weighted by Gasteiger charge is 2.44. The van der Waals surface area contributed by atoms with E-state index in [1.54, 1.807) is 36.4 Å². The third kappa shape index (κ3) is 4.40. The van der Waals surface area contributed by atoms with Crippen LogP contribution in [0.25, 0.3) is 0 Å². The molecule has 1 unspecified atom stereocenters. The van der Waals surface area contributed by atoms with Crippen LogP contribution in [0, 0.1) is 5.82 Å². The first-order valence-corrected chi connectivity index (χ1v) is 9.99. The molecule has 32 heavy (non-hydrogen) atoms.